The van der Waals surface area contributed by atoms with Gasteiger partial charge in [-0.15, -0.1) is 0 Å². The maximum atomic E-state index is 8.62. The van der Waals surface area contributed by atoms with Crippen LogP contribution < -0.4 is 5.32 Å². The molecular formula is C16H15ClN2. The fourth-order valence-corrected chi connectivity index (χ4v) is 2.11. The van der Waals surface area contributed by atoms with E-state index in [0.29, 0.717) is 6.42 Å². The third-order valence-electron chi connectivity index (χ3n) is 3.02. The van der Waals surface area contributed by atoms with E-state index in [1.807, 2.05) is 42.5 Å². The third-order valence-corrected chi connectivity index (χ3v) is 3.26. The van der Waals surface area contributed by atoms with Gasteiger partial charge in [-0.1, -0.05) is 29.8 Å². The average molecular weight is 271 g/mol. The SMILES string of the molecule is Cc1cc(Cl)ccc1CNc1ccc(CC#N)cc1. The molecule has 0 aliphatic carbocycles. The Morgan fingerprint density at radius 2 is 1.89 bits per heavy atom. The summed E-state index contributed by atoms with van der Waals surface area (Å²) < 4.78 is 0. The molecule has 2 aromatic carbocycles. The number of halogens is 1. The van der Waals surface area contributed by atoms with Gasteiger partial charge in [-0.3, -0.25) is 0 Å². The molecule has 2 aromatic rings. The molecule has 0 atom stereocenters. The first kappa shape index (κ1) is 13.5. The standard InChI is InChI=1S/C16H15ClN2/c1-12-10-15(17)5-4-14(12)11-19-16-6-2-13(3-7-16)8-9-18/h2-7,10,19H,8,11H2,1H3. The molecule has 0 aliphatic heterocycles. The van der Waals surface area contributed by atoms with Gasteiger partial charge in [0.15, 0.2) is 0 Å². The topological polar surface area (TPSA) is 35.8 Å². The van der Waals surface area contributed by atoms with Crippen molar-refractivity contribution in [2.45, 2.75) is 19.9 Å². The Bertz CT molecular complexity index is 597. The van der Waals surface area contributed by atoms with Crippen molar-refractivity contribution in [1.29, 1.82) is 5.26 Å². The molecule has 96 valence electrons. The van der Waals surface area contributed by atoms with Gasteiger partial charge in [0.25, 0.3) is 0 Å². The molecular weight excluding hydrogens is 256 g/mol. The van der Waals surface area contributed by atoms with Crippen LogP contribution in [-0.2, 0) is 13.0 Å². The summed E-state index contributed by atoms with van der Waals surface area (Å²) in [5.41, 5.74) is 4.50. The number of nitriles is 1. The van der Waals surface area contributed by atoms with E-state index in [2.05, 4.69) is 18.3 Å². The van der Waals surface area contributed by atoms with Crippen LogP contribution in [0.25, 0.3) is 0 Å². The molecule has 0 saturated heterocycles. The Labute approximate surface area is 118 Å². The number of hydrogen-bond acceptors (Lipinski definition) is 2. The molecule has 0 amide bonds. The Balaban J connectivity index is 2.00. The van der Waals surface area contributed by atoms with Gasteiger partial charge in [0.1, 0.15) is 0 Å². The summed E-state index contributed by atoms with van der Waals surface area (Å²) >= 11 is 5.93. The van der Waals surface area contributed by atoms with Crippen molar-refractivity contribution < 1.29 is 0 Å². The van der Waals surface area contributed by atoms with Gasteiger partial charge < -0.3 is 5.32 Å². The minimum absolute atomic E-state index is 0.455. The van der Waals surface area contributed by atoms with Crippen molar-refractivity contribution >= 4 is 17.3 Å². The molecule has 1 N–H and O–H groups in total. The summed E-state index contributed by atoms with van der Waals surface area (Å²) in [6.45, 7) is 2.82. The highest BCUT2D eigenvalue weighted by molar-refractivity contribution is 6.30. The largest absolute Gasteiger partial charge is 0.381 e. The van der Waals surface area contributed by atoms with E-state index < -0.39 is 0 Å². The normalized spacial score (nSPS) is 9.95. The lowest BCUT2D eigenvalue weighted by Crippen LogP contribution is -2.01. The minimum atomic E-state index is 0.455. The Morgan fingerprint density at radius 3 is 2.53 bits per heavy atom. The summed E-state index contributed by atoms with van der Waals surface area (Å²) in [6, 6.07) is 16.0. The first-order valence-corrected chi connectivity index (χ1v) is 6.51. The van der Waals surface area contributed by atoms with Crippen molar-refractivity contribution in [2.24, 2.45) is 0 Å². The minimum Gasteiger partial charge on any atom is -0.381 e. The van der Waals surface area contributed by atoms with E-state index in [9.17, 15) is 0 Å². The monoisotopic (exact) mass is 270 g/mol. The lowest BCUT2D eigenvalue weighted by molar-refractivity contribution is 1.12. The van der Waals surface area contributed by atoms with Crippen molar-refractivity contribution in [3.63, 3.8) is 0 Å². The fourth-order valence-electron chi connectivity index (χ4n) is 1.89. The molecule has 0 unspecified atom stereocenters. The van der Waals surface area contributed by atoms with Crippen molar-refractivity contribution in [1.82, 2.24) is 0 Å². The van der Waals surface area contributed by atoms with Crippen LogP contribution in [0.15, 0.2) is 42.5 Å². The van der Waals surface area contributed by atoms with Crippen LogP contribution in [0.3, 0.4) is 0 Å². The Morgan fingerprint density at radius 1 is 1.16 bits per heavy atom. The highest BCUT2D eigenvalue weighted by Gasteiger charge is 2.00. The predicted octanol–water partition coefficient (Wildman–Crippen LogP) is 4.33. The van der Waals surface area contributed by atoms with Crippen LogP contribution in [0.5, 0.6) is 0 Å². The van der Waals surface area contributed by atoms with Crippen LogP contribution in [0, 0.1) is 18.3 Å². The summed E-state index contributed by atoms with van der Waals surface area (Å²) in [4.78, 5) is 0. The number of nitrogens with zero attached hydrogens (tertiary/aromatic N) is 1. The van der Waals surface area contributed by atoms with Crippen molar-refractivity contribution in [3.8, 4) is 6.07 Å². The van der Waals surface area contributed by atoms with Gasteiger partial charge in [-0.05, 0) is 47.9 Å². The maximum absolute atomic E-state index is 8.62. The van der Waals surface area contributed by atoms with Crippen molar-refractivity contribution in [3.05, 3.63) is 64.2 Å². The van der Waals surface area contributed by atoms with Crippen LogP contribution in [0.1, 0.15) is 16.7 Å². The van der Waals surface area contributed by atoms with E-state index in [1.54, 1.807) is 0 Å². The molecule has 0 aromatic heterocycles. The lowest BCUT2D eigenvalue weighted by atomic mass is 10.1. The first-order valence-electron chi connectivity index (χ1n) is 6.14. The number of rotatable bonds is 4. The number of anilines is 1. The lowest BCUT2D eigenvalue weighted by Gasteiger charge is -2.09. The molecule has 0 radical (unpaired) electrons. The molecule has 0 saturated carbocycles. The van der Waals surface area contributed by atoms with Gasteiger partial charge in [-0.2, -0.15) is 5.26 Å². The van der Waals surface area contributed by atoms with Crippen LogP contribution in [-0.4, -0.2) is 0 Å². The molecule has 0 heterocycles. The van der Waals surface area contributed by atoms with E-state index in [0.717, 1.165) is 22.8 Å². The predicted molar refractivity (Wildman–Crippen MR) is 79.3 cm³/mol. The Kier molecular flexibility index (Phi) is 4.43. The van der Waals surface area contributed by atoms with Crippen molar-refractivity contribution in [2.75, 3.05) is 5.32 Å². The van der Waals surface area contributed by atoms with Gasteiger partial charge in [-0.25, -0.2) is 0 Å². The molecule has 3 heteroatoms. The molecule has 0 aliphatic rings. The van der Waals surface area contributed by atoms with Gasteiger partial charge in [0, 0.05) is 17.3 Å². The maximum Gasteiger partial charge on any atom is 0.0669 e. The fraction of sp³-hybridized carbons (Fsp3) is 0.188. The number of aryl methyl sites for hydroxylation is 1. The summed E-state index contributed by atoms with van der Waals surface area (Å²) in [5, 5.41) is 12.7. The quantitative estimate of drug-likeness (QED) is 0.898. The van der Waals surface area contributed by atoms with Gasteiger partial charge in [0.2, 0.25) is 0 Å². The summed E-state index contributed by atoms with van der Waals surface area (Å²) in [6.07, 6.45) is 0.455. The number of benzene rings is 2. The molecule has 2 rings (SSSR count). The molecule has 0 bridgehead atoms. The first-order chi connectivity index (χ1) is 9.19. The van der Waals surface area contributed by atoms with Crippen LogP contribution >= 0.6 is 11.6 Å². The molecule has 0 fully saturated rings. The third kappa shape index (κ3) is 3.74. The van der Waals surface area contributed by atoms with E-state index >= 15 is 0 Å². The average Bonchev–Trinajstić information content (AvgIpc) is 2.40. The second kappa shape index (κ2) is 6.26. The van der Waals surface area contributed by atoms with E-state index in [-0.39, 0.29) is 0 Å². The second-order valence-electron chi connectivity index (χ2n) is 4.46. The summed E-state index contributed by atoms with van der Waals surface area (Å²) in [5.74, 6) is 0. The van der Waals surface area contributed by atoms with Gasteiger partial charge in [0.05, 0.1) is 12.5 Å². The zero-order chi connectivity index (χ0) is 13.7. The molecule has 2 nitrogen and oxygen atoms in total. The van der Waals surface area contributed by atoms with Gasteiger partial charge >= 0.3 is 0 Å². The smallest absolute Gasteiger partial charge is 0.0669 e. The zero-order valence-electron chi connectivity index (χ0n) is 10.8. The number of hydrogen-bond donors (Lipinski definition) is 1. The number of nitrogens with one attached hydrogen (secondary N) is 1. The highest BCUT2D eigenvalue weighted by atomic mass is 35.5. The molecule has 19 heavy (non-hydrogen) atoms. The van der Waals surface area contributed by atoms with E-state index in [4.69, 9.17) is 16.9 Å². The van der Waals surface area contributed by atoms with Crippen LogP contribution in [0.4, 0.5) is 5.69 Å². The molecule has 0 spiro atoms. The van der Waals surface area contributed by atoms with Crippen LogP contribution in [0.2, 0.25) is 5.02 Å². The Hall–Kier alpha value is -1.98. The highest BCUT2D eigenvalue weighted by Crippen LogP contribution is 2.17. The summed E-state index contributed by atoms with van der Waals surface area (Å²) in [7, 11) is 0. The zero-order valence-corrected chi connectivity index (χ0v) is 11.5. The second-order valence-corrected chi connectivity index (χ2v) is 4.89. The van der Waals surface area contributed by atoms with E-state index in [1.165, 1.54) is 11.1 Å².